The highest BCUT2D eigenvalue weighted by Gasteiger charge is 2.29. The van der Waals surface area contributed by atoms with Gasteiger partial charge in [0.1, 0.15) is 0 Å². The maximum Gasteiger partial charge on any atom is 0.0647 e. The van der Waals surface area contributed by atoms with E-state index in [0.29, 0.717) is 0 Å². The largest absolute Gasteiger partial charge is 0.390 e. The molecule has 53 valence electrons. The third kappa shape index (κ3) is 1.68. The average Bonchev–Trinajstić information content (AvgIpc) is 2.16. The van der Waals surface area contributed by atoms with E-state index in [0.717, 1.165) is 25.7 Å². The van der Waals surface area contributed by atoms with Gasteiger partial charge in [0.25, 0.3) is 0 Å². The van der Waals surface area contributed by atoms with Crippen molar-refractivity contribution in [3.05, 3.63) is 6.92 Å². The van der Waals surface area contributed by atoms with Gasteiger partial charge in [-0.3, -0.25) is 0 Å². The Bertz CT molecular complexity index is 82.6. The van der Waals surface area contributed by atoms with Gasteiger partial charge in [-0.25, -0.2) is 0 Å². The molecule has 1 fully saturated rings. The molecular weight excluding hydrogens is 112 g/mol. The Morgan fingerprint density at radius 1 is 1.33 bits per heavy atom. The van der Waals surface area contributed by atoms with Crippen LogP contribution in [0.15, 0.2) is 0 Å². The average molecular weight is 127 g/mol. The van der Waals surface area contributed by atoms with Crippen molar-refractivity contribution in [1.29, 1.82) is 0 Å². The number of hydrogen-bond acceptors (Lipinski definition) is 1. The molecule has 0 spiro atoms. The molecular formula is C8H15O. The second kappa shape index (κ2) is 2.70. The van der Waals surface area contributed by atoms with Gasteiger partial charge in [0.05, 0.1) is 5.60 Å². The molecule has 0 aromatic carbocycles. The summed E-state index contributed by atoms with van der Waals surface area (Å²) in [4.78, 5) is 0. The first-order valence-corrected chi connectivity index (χ1v) is 3.78. The zero-order chi connectivity index (χ0) is 6.74. The molecule has 1 aliphatic carbocycles. The lowest BCUT2D eigenvalue weighted by atomic mass is 9.97. The van der Waals surface area contributed by atoms with E-state index in [1.165, 1.54) is 12.8 Å². The van der Waals surface area contributed by atoms with Crippen LogP contribution in [-0.4, -0.2) is 10.7 Å². The molecule has 1 N–H and O–H groups in total. The van der Waals surface area contributed by atoms with Gasteiger partial charge in [-0.2, -0.15) is 0 Å². The maximum absolute atomic E-state index is 9.65. The Labute approximate surface area is 57.1 Å². The zero-order valence-electron chi connectivity index (χ0n) is 5.90. The molecule has 0 amide bonds. The summed E-state index contributed by atoms with van der Waals surface area (Å²) in [5.74, 6) is 0. The highest BCUT2D eigenvalue weighted by Crippen LogP contribution is 2.32. The van der Waals surface area contributed by atoms with Crippen molar-refractivity contribution in [2.24, 2.45) is 0 Å². The summed E-state index contributed by atoms with van der Waals surface area (Å²) in [6, 6.07) is 0. The molecule has 1 saturated carbocycles. The summed E-state index contributed by atoms with van der Waals surface area (Å²) in [7, 11) is 0. The molecule has 0 saturated heterocycles. The number of rotatable bonds is 2. The van der Waals surface area contributed by atoms with Crippen LogP contribution in [0.5, 0.6) is 0 Å². The molecule has 0 aromatic heterocycles. The summed E-state index contributed by atoms with van der Waals surface area (Å²) in [5.41, 5.74) is -0.318. The minimum atomic E-state index is -0.318. The standard InChI is InChI=1S/C8H15O/c1-2-5-8(9)6-3-4-7-8/h9H,1-7H2. The molecule has 0 aliphatic heterocycles. The molecule has 0 bridgehead atoms. The molecule has 1 radical (unpaired) electrons. The van der Waals surface area contributed by atoms with Gasteiger partial charge >= 0.3 is 0 Å². The zero-order valence-corrected chi connectivity index (χ0v) is 5.90. The van der Waals surface area contributed by atoms with Gasteiger partial charge in [0.15, 0.2) is 0 Å². The van der Waals surface area contributed by atoms with Gasteiger partial charge < -0.3 is 5.11 Å². The second-order valence-electron chi connectivity index (χ2n) is 3.04. The molecule has 0 unspecified atom stereocenters. The Kier molecular flexibility index (Phi) is 2.12. The van der Waals surface area contributed by atoms with E-state index >= 15 is 0 Å². The monoisotopic (exact) mass is 127 g/mol. The molecule has 1 heteroatoms. The van der Waals surface area contributed by atoms with Gasteiger partial charge in [-0.15, -0.1) is 0 Å². The van der Waals surface area contributed by atoms with Crippen molar-refractivity contribution in [2.45, 2.75) is 44.1 Å². The molecule has 1 nitrogen and oxygen atoms in total. The first-order chi connectivity index (χ1) is 4.27. The summed E-state index contributed by atoms with van der Waals surface area (Å²) in [6.45, 7) is 3.73. The van der Waals surface area contributed by atoms with Crippen LogP contribution in [0, 0.1) is 6.92 Å². The topological polar surface area (TPSA) is 20.2 Å². The quantitative estimate of drug-likeness (QED) is 0.600. The highest BCUT2D eigenvalue weighted by atomic mass is 16.3. The Morgan fingerprint density at radius 2 is 1.89 bits per heavy atom. The highest BCUT2D eigenvalue weighted by molar-refractivity contribution is 4.83. The fraction of sp³-hybridized carbons (Fsp3) is 0.875. The first-order valence-electron chi connectivity index (χ1n) is 3.78. The van der Waals surface area contributed by atoms with Crippen molar-refractivity contribution < 1.29 is 5.11 Å². The SMILES string of the molecule is [CH2]CCC1(O)CCCC1. The lowest BCUT2D eigenvalue weighted by Gasteiger charge is -2.20. The van der Waals surface area contributed by atoms with E-state index in [-0.39, 0.29) is 5.60 Å². The minimum absolute atomic E-state index is 0.318. The van der Waals surface area contributed by atoms with E-state index in [2.05, 4.69) is 6.92 Å². The summed E-state index contributed by atoms with van der Waals surface area (Å²) >= 11 is 0. The van der Waals surface area contributed by atoms with Crippen LogP contribution in [0.25, 0.3) is 0 Å². The van der Waals surface area contributed by atoms with Crippen LogP contribution in [0.2, 0.25) is 0 Å². The smallest absolute Gasteiger partial charge is 0.0647 e. The fourth-order valence-corrected chi connectivity index (χ4v) is 1.61. The first kappa shape index (κ1) is 7.07. The Morgan fingerprint density at radius 3 is 2.33 bits per heavy atom. The van der Waals surface area contributed by atoms with Crippen molar-refractivity contribution in [3.63, 3.8) is 0 Å². The minimum Gasteiger partial charge on any atom is -0.390 e. The van der Waals surface area contributed by atoms with Crippen LogP contribution in [0.4, 0.5) is 0 Å². The van der Waals surface area contributed by atoms with E-state index in [9.17, 15) is 5.11 Å². The molecule has 9 heavy (non-hydrogen) atoms. The predicted octanol–water partition coefficient (Wildman–Crippen LogP) is 1.91. The molecule has 0 heterocycles. The van der Waals surface area contributed by atoms with Gasteiger partial charge in [-0.1, -0.05) is 26.2 Å². The van der Waals surface area contributed by atoms with Gasteiger partial charge in [0, 0.05) is 0 Å². The van der Waals surface area contributed by atoms with Crippen molar-refractivity contribution in [2.75, 3.05) is 0 Å². The second-order valence-corrected chi connectivity index (χ2v) is 3.04. The van der Waals surface area contributed by atoms with Crippen LogP contribution < -0.4 is 0 Å². The van der Waals surface area contributed by atoms with Crippen molar-refractivity contribution in [1.82, 2.24) is 0 Å². The fourth-order valence-electron chi connectivity index (χ4n) is 1.61. The summed E-state index contributed by atoms with van der Waals surface area (Å²) < 4.78 is 0. The normalized spacial score (nSPS) is 24.7. The van der Waals surface area contributed by atoms with E-state index in [4.69, 9.17) is 0 Å². The lowest BCUT2D eigenvalue weighted by Crippen LogP contribution is -2.22. The molecule has 0 aromatic rings. The maximum atomic E-state index is 9.65. The van der Waals surface area contributed by atoms with Crippen LogP contribution in [-0.2, 0) is 0 Å². The predicted molar refractivity (Wildman–Crippen MR) is 38.0 cm³/mol. The van der Waals surface area contributed by atoms with Gasteiger partial charge in [-0.05, 0) is 19.3 Å². The van der Waals surface area contributed by atoms with Crippen molar-refractivity contribution in [3.8, 4) is 0 Å². The van der Waals surface area contributed by atoms with Crippen LogP contribution in [0.3, 0.4) is 0 Å². The molecule has 1 aliphatic rings. The number of hydrogen-bond donors (Lipinski definition) is 1. The van der Waals surface area contributed by atoms with Crippen LogP contribution >= 0.6 is 0 Å². The molecule has 1 rings (SSSR count). The van der Waals surface area contributed by atoms with Crippen molar-refractivity contribution >= 4 is 0 Å². The Balaban J connectivity index is 2.32. The summed E-state index contributed by atoms with van der Waals surface area (Å²) in [5, 5.41) is 9.65. The third-order valence-corrected chi connectivity index (χ3v) is 2.18. The van der Waals surface area contributed by atoms with Gasteiger partial charge in [0.2, 0.25) is 0 Å². The molecule has 0 atom stereocenters. The van der Waals surface area contributed by atoms with Crippen LogP contribution in [0.1, 0.15) is 38.5 Å². The van der Waals surface area contributed by atoms with E-state index < -0.39 is 0 Å². The van der Waals surface area contributed by atoms with E-state index in [1.54, 1.807) is 0 Å². The lowest BCUT2D eigenvalue weighted by molar-refractivity contribution is 0.0397. The third-order valence-electron chi connectivity index (χ3n) is 2.18. The summed E-state index contributed by atoms with van der Waals surface area (Å²) in [6.07, 6.45) is 6.18. The van der Waals surface area contributed by atoms with E-state index in [1.807, 2.05) is 0 Å². The Hall–Kier alpha value is -0.0400. The number of aliphatic hydroxyl groups is 1.